The molecule has 0 bridgehead atoms. The standard InChI is InChI=1S/C11H15NO2/c1-3-10(11(12)13)8-4-6-9(14-2)7-5-8/h4-7,10H,3H2,1-2H3,(H2,12,13)/t10-/m1/s1. The van der Waals surface area contributed by atoms with Gasteiger partial charge in [0.05, 0.1) is 13.0 Å². The number of benzene rings is 1. The van der Waals surface area contributed by atoms with Crippen LogP contribution < -0.4 is 10.5 Å². The Hall–Kier alpha value is -1.51. The average molecular weight is 193 g/mol. The number of hydrogen-bond donors (Lipinski definition) is 1. The summed E-state index contributed by atoms with van der Waals surface area (Å²) >= 11 is 0. The summed E-state index contributed by atoms with van der Waals surface area (Å²) in [4.78, 5) is 11.1. The van der Waals surface area contributed by atoms with E-state index in [2.05, 4.69) is 0 Å². The molecule has 0 saturated heterocycles. The van der Waals surface area contributed by atoms with Crippen molar-refractivity contribution >= 4 is 5.91 Å². The molecule has 14 heavy (non-hydrogen) atoms. The molecule has 0 saturated carbocycles. The van der Waals surface area contributed by atoms with Crippen LogP contribution in [-0.4, -0.2) is 13.0 Å². The summed E-state index contributed by atoms with van der Waals surface area (Å²) in [6, 6.07) is 7.41. The molecule has 3 nitrogen and oxygen atoms in total. The zero-order valence-electron chi connectivity index (χ0n) is 8.49. The number of primary amides is 1. The third-order valence-corrected chi connectivity index (χ3v) is 2.27. The Balaban J connectivity index is 2.89. The SMILES string of the molecule is CC[C@@H](C(N)=O)c1ccc(OC)cc1. The first-order chi connectivity index (χ1) is 6.69. The highest BCUT2D eigenvalue weighted by atomic mass is 16.5. The number of hydrogen-bond acceptors (Lipinski definition) is 2. The quantitative estimate of drug-likeness (QED) is 0.790. The second kappa shape index (κ2) is 4.65. The van der Waals surface area contributed by atoms with Gasteiger partial charge in [-0.1, -0.05) is 19.1 Å². The lowest BCUT2D eigenvalue weighted by atomic mass is 9.96. The molecule has 0 unspecified atom stereocenters. The molecule has 2 N–H and O–H groups in total. The van der Waals surface area contributed by atoms with Gasteiger partial charge in [0.1, 0.15) is 5.75 Å². The molecular formula is C11H15NO2. The summed E-state index contributed by atoms with van der Waals surface area (Å²) in [5.74, 6) is 0.312. The van der Waals surface area contributed by atoms with Gasteiger partial charge in [0.2, 0.25) is 5.91 Å². The van der Waals surface area contributed by atoms with Crippen LogP contribution in [0.1, 0.15) is 24.8 Å². The molecule has 1 aromatic carbocycles. The molecule has 0 spiro atoms. The number of rotatable bonds is 4. The topological polar surface area (TPSA) is 52.3 Å². The Morgan fingerprint density at radius 1 is 1.43 bits per heavy atom. The molecule has 0 heterocycles. The lowest BCUT2D eigenvalue weighted by molar-refractivity contribution is -0.119. The summed E-state index contributed by atoms with van der Waals surface area (Å²) in [5.41, 5.74) is 6.22. The van der Waals surface area contributed by atoms with E-state index in [0.717, 1.165) is 17.7 Å². The van der Waals surface area contributed by atoms with Crippen LogP contribution in [0.15, 0.2) is 24.3 Å². The van der Waals surface area contributed by atoms with E-state index < -0.39 is 0 Å². The van der Waals surface area contributed by atoms with Crippen molar-refractivity contribution < 1.29 is 9.53 Å². The number of nitrogens with two attached hydrogens (primary N) is 1. The van der Waals surface area contributed by atoms with E-state index in [1.54, 1.807) is 7.11 Å². The van der Waals surface area contributed by atoms with Gasteiger partial charge < -0.3 is 10.5 Å². The molecule has 0 radical (unpaired) electrons. The number of carbonyl (C=O) groups excluding carboxylic acids is 1. The van der Waals surface area contributed by atoms with Gasteiger partial charge in [-0.15, -0.1) is 0 Å². The molecule has 3 heteroatoms. The van der Waals surface area contributed by atoms with Crippen LogP contribution in [0.4, 0.5) is 0 Å². The monoisotopic (exact) mass is 193 g/mol. The van der Waals surface area contributed by atoms with Crippen LogP contribution in [0.5, 0.6) is 5.75 Å². The molecule has 1 rings (SSSR count). The van der Waals surface area contributed by atoms with Crippen molar-refractivity contribution in [2.24, 2.45) is 5.73 Å². The predicted octanol–water partition coefficient (Wildman–Crippen LogP) is 1.67. The minimum Gasteiger partial charge on any atom is -0.497 e. The number of amides is 1. The third kappa shape index (κ3) is 2.25. The van der Waals surface area contributed by atoms with E-state index in [9.17, 15) is 4.79 Å². The fourth-order valence-electron chi connectivity index (χ4n) is 1.44. The molecule has 1 amide bonds. The van der Waals surface area contributed by atoms with Crippen molar-refractivity contribution in [1.82, 2.24) is 0 Å². The number of ether oxygens (including phenoxy) is 1. The van der Waals surface area contributed by atoms with Crippen molar-refractivity contribution in [2.75, 3.05) is 7.11 Å². The fraction of sp³-hybridized carbons (Fsp3) is 0.364. The maximum absolute atomic E-state index is 11.1. The minimum atomic E-state index is -0.280. The van der Waals surface area contributed by atoms with Gasteiger partial charge in [0.25, 0.3) is 0 Å². The van der Waals surface area contributed by atoms with E-state index in [1.807, 2.05) is 31.2 Å². The van der Waals surface area contributed by atoms with E-state index in [-0.39, 0.29) is 11.8 Å². The molecule has 0 aliphatic carbocycles. The van der Waals surface area contributed by atoms with Crippen LogP contribution >= 0.6 is 0 Å². The minimum absolute atomic E-state index is 0.194. The van der Waals surface area contributed by atoms with Crippen LogP contribution in [0.2, 0.25) is 0 Å². The number of methoxy groups -OCH3 is 1. The van der Waals surface area contributed by atoms with Crippen LogP contribution in [0.25, 0.3) is 0 Å². The Morgan fingerprint density at radius 2 is 2.00 bits per heavy atom. The Kier molecular flexibility index (Phi) is 3.51. The van der Waals surface area contributed by atoms with Crippen molar-refractivity contribution in [2.45, 2.75) is 19.3 Å². The molecule has 76 valence electrons. The van der Waals surface area contributed by atoms with E-state index in [1.165, 1.54) is 0 Å². The molecule has 0 aromatic heterocycles. The second-order valence-electron chi connectivity index (χ2n) is 3.14. The predicted molar refractivity (Wildman–Crippen MR) is 55.2 cm³/mol. The van der Waals surface area contributed by atoms with E-state index >= 15 is 0 Å². The van der Waals surface area contributed by atoms with Gasteiger partial charge in [-0.05, 0) is 24.1 Å². The second-order valence-corrected chi connectivity index (χ2v) is 3.14. The average Bonchev–Trinajstić information content (AvgIpc) is 2.19. The largest absolute Gasteiger partial charge is 0.497 e. The van der Waals surface area contributed by atoms with Crippen LogP contribution in [0, 0.1) is 0 Å². The number of carbonyl (C=O) groups is 1. The van der Waals surface area contributed by atoms with Gasteiger partial charge in [0.15, 0.2) is 0 Å². The summed E-state index contributed by atoms with van der Waals surface area (Å²) in [6.07, 6.45) is 0.724. The smallest absolute Gasteiger partial charge is 0.224 e. The summed E-state index contributed by atoms with van der Waals surface area (Å²) in [7, 11) is 1.61. The van der Waals surface area contributed by atoms with Crippen LogP contribution in [-0.2, 0) is 4.79 Å². The van der Waals surface area contributed by atoms with Crippen molar-refractivity contribution in [3.63, 3.8) is 0 Å². The van der Waals surface area contributed by atoms with Gasteiger partial charge in [-0.2, -0.15) is 0 Å². The fourth-order valence-corrected chi connectivity index (χ4v) is 1.44. The summed E-state index contributed by atoms with van der Waals surface area (Å²) < 4.78 is 5.03. The van der Waals surface area contributed by atoms with E-state index in [4.69, 9.17) is 10.5 Å². The zero-order valence-corrected chi connectivity index (χ0v) is 8.49. The molecule has 1 atom stereocenters. The third-order valence-electron chi connectivity index (χ3n) is 2.27. The van der Waals surface area contributed by atoms with Gasteiger partial charge >= 0.3 is 0 Å². The first kappa shape index (κ1) is 10.6. The molecular weight excluding hydrogens is 178 g/mol. The highest BCUT2D eigenvalue weighted by Gasteiger charge is 2.14. The highest BCUT2D eigenvalue weighted by Crippen LogP contribution is 2.21. The molecule has 1 aromatic rings. The normalized spacial score (nSPS) is 12.1. The van der Waals surface area contributed by atoms with Gasteiger partial charge in [0, 0.05) is 0 Å². The van der Waals surface area contributed by atoms with Crippen molar-refractivity contribution in [1.29, 1.82) is 0 Å². The Labute approximate surface area is 83.9 Å². The van der Waals surface area contributed by atoms with E-state index in [0.29, 0.717) is 0 Å². The maximum Gasteiger partial charge on any atom is 0.224 e. The lowest BCUT2D eigenvalue weighted by Crippen LogP contribution is -2.20. The molecule has 0 aliphatic rings. The highest BCUT2D eigenvalue weighted by molar-refractivity contribution is 5.81. The lowest BCUT2D eigenvalue weighted by Gasteiger charge is -2.11. The van der Waals surface area contributed by atoms with Crippen molar-refractivity contribution in [3.05, 3.63) is 29.8 Å². The van der Waals surface area contributed by atoms with Crippen LogP contribution in [0.3, 0.4) is 0 Å². The summed E-state index contributed by atoms with van der Waals surface area (Å²) in [6.45, 7) is 1.94. The maximum atomic E-state index is 11.1. The first-order valence-electron chi connectivity index (χ1n) is 4.62. The van der Waals surface area contributed by atoms with Crippen molar-refractivity contribution in [3.8, 4) is 5.75 Å². The Morgan fingerprint density at radius 3 is 2.36 bits per heavy atom. The van der Waals surface area contributed by atoms with Gasteiger partial charge in [-0.25, -0.2) is 0 Å². The zero-order chi connectivity index (χ0) is 10.6. The van der Waals surface area contributed by atoms with Gasteiger partial charge in [-0.3, -0.25) is 4.79 Å². The first-order valence-corrected chi connectivity index (χ1v) is 4.62. The summed E-state index contributed by atoms with van der Waals surface area (Å²) in [5, 5.41) is 0. The molecule has 0 fully saturated rings. The Bertz CT molecular complexity index is 306. The molecule has 0 aliphatic heterocycles.